The molecule has 0 spiro atoms. The quantitative estimate of drug-likeness (QED) is 0.769. The Bertz CT molecular complexity index is 541. The molecular weight excluding hydrogens is 211 g/mol. The van der Waals surface area contributed by atoms with Crippen LogP contribution >= 0.6 is 12.2 Å². The van der Waals surface area contributed by atoms with Crippen LogP contribution in [-0.4, -0.2) is 9.55 Å². The van der Waals surface area contributed by atoms with Gasteiger partial charge < -0.3 is 9.55 Å². The number of aromatic amines is 1. The first-order valence-electron chi connectivity index (χ1n) is 5.03. The topological polar surface area (TPSA) is 20.7 Å². The Labute approximate surface area is 92.7 Å². The fraction of sp³-hybridized carbons (Fsp3) is 0.364. The minimum atomic E-state index is -0.228. The van der Waals surface area contributed by atoms with Crippen LogP contribution in [0.4, 0.5) is 4.39 Å². The molecule has 0 fully saturated rings. The van der Waals surface area contributed by atoms with Crippen LogP contribution in [0.25, 0.3) is 11.0 Å². The maximum absolute atomic E-state index is 13.1. The second-order valence-corrected chi connectivity index (χ2v) is 4.11. The van der Waals surface area contributed by atoms with Crippen LogP contribution < -0.4 is 0 Å². The van der Waals surface area contributed by atoms with Crippen LogP contribution in [0.2, 0.25) is 0 Å². The molecule has 15 heavy (non-hydrogen) atoms. The van der Waals surface area contributed by atoms with Gasteiger partial charge in [-0.2, -0.15) is 0 Å². The van der Waals surface area contributed by atoms with Gasteiger partial charge in [0.15, 0.2) is 4.77 Å². The lowest BCUT2D eigenvalue weighted by Crippen LogP contribution is -2.03. The van der Waals surface area contributed by atoms with Gasteiger partial charge in [-0.05, 0) is 43.8 Å². The van der Waals surface area contributed by atoms with E-state index < -0.39 is 0 Å². The summed E-state index contributed by atoms with van der Waals surface area (Å²) in [6.45, 7) is 4.17. The molecule has 1 N–H and O–H groups in total. The molecule has 0 saturated carbocycles. The molecule has 2 nitrogen and oxygen atoms in total. The molecule has 0 amide bonds. The molecule has 2 aromatic rings. The fourth-order valence-electron chi connectivity index (χ4n) is 1.71. The Balaban J connectivity index is 2.76. The van der Waals surface area contributed by atoms with Crippen LogP contribution in [0.1, 0.15) is 26.3 Å². The van der Waals surface area contributed by atoms with Gasteiger partial charge in [0.25, 0.3) is 0 Å². The molecule has 0 aliphatic heterocycles. The van der Waals surface area contributed by atoms with Crippen LogP contribution in [0, 0.1) is 10.6 Å². The standard InChI is InChI=1S/C11H13FN2S/c1-3-7(2)14-10-6-8(12)4-5-9(10)13-11(14)15/h4-7H,3H2,1-2H3,(H,13,15). The van der Waals surface area contributed by atoms with Gasteiger partial charge in [0.1, 0.15) is 5.82 Å². The van der Waals surface area contributed by atoms with E-state index in [1.54, 1.807) is 6.07 Å². The Kier molecular flexibility index (Phi) is 2.61. The predicted molar refractivity (Wildman–Crippen MR) is 62.1 cm³/mol. The minimum absolute atomic E-state index is 0.228. The number of fused-ring (bicyclic) bond motifs is 1. The number of imidazole rings is 1. The summed E-state index contributed by atoms with van der Waals surface area (Å²) in [5.74, 6) is -0.228. The first-order chi connectivity index (χ1) is 7.13. The lowest BCUT2D eigenvalue weighted by Gasteiger charge is -2.11. The largest absolute Gasteiger partial charge is 0.331 e. The molecule has 4 heteroatoms. The Morgan fingerprint density at radius 1 is 1.53 bits per heavy atom. The Morgan fingerprint density at radius 3 is 2.93 bits per heavy atom. The summed E-state index contributed by atoms with van der Waals surface area (Å²) in [4.78, 5) is 3.08. The van der Waals surface area contributed by atoms with Crippen molar-refractivity contribution in [1.29, 1.82) is 0 Å². The van der Waals surface area contributed by atoms with Gasteiger partial charge in [-0.25, -0.2) is 4.39 Å². The molecule has 80 valence electrons. The van der Waals surface area contributed by atoms with E-state index in [9.17, 15) is 4.39 Å². The highest BCUT2D eigenvalue weighted by Crippen LogP contribution is 2.21. The molecule has 1 unspecified atom stereocenters. The second kappa shape index (κ2) is 3.77. The Hall–Kier alpha value is -1.16. The van der Waals surface area contributed by atoms with Gasteiger partial charge in [0.2, 0.25) is 0 Å². The monoisotopic (exact) mass is 224 g/mol. The molecule has 0 aliphatic rings. The number of benzene rings is 1. The van der Waals surface area contributed by atoms with Crippen molar-refractivity contribution >= 4 is 23.3 Å². The van der Waals surface area contributed by atoms with Gasteiger partial charge >= 0.3 is 0 Å². The van der Waals surface area contributed by atoms with Crippen LogP contribution in [0.3, 0.4) is 0 Å². The molecule has 1 atom stereocenters. The van der Waals surface area contributed by atoms with Crippen molar-refractivity contribution in [2.45, 2.75) is 26.3 Å². The highest BCUT2D eigenvalue weighted by molar-refractivity contribution is 7.71. The summed E-state index contributed by atoms with van der Waals surface area (Å²) in [6, 6.07) is 4.97. The van der Waals surface area contributed by atoms with Crippen molar-refractivity contribution in [2.24, 2.45) is 0 Å². The maximum Gasteiger partial charge on any atom is 0.178 e. The zero-order chi connectivity index (χ0) is 11.0. The minimum Gasteiger partial charge on any atom is -0.331 e. The average Bonchev–Trinajstić information content (AvgIpc) is 2.52. The summed E-state index contributed by atoms with van der Waals surface area (Å²) >= 11 is 5.22. The van der Waals surface area contributed by atoms with E-state index >= 15 is 0 Å². The highest BCUT2D eigenvalue weighted by atomic mass is 32.1. The van der Waals surface area contributed by atoms with Crippen molar-refractivity contribution in [3.63, 3.8) is 0 Å². The SMILES string of the molecule is CCC(C)n1c(=S)[nH]c2ccc(F)cc21. The molecule has 1 aromatic carbocycles. The number of rotatable bonds is 2. The van der Waals surface area contributed by atoms with Gasteiger partial charge in [-0.1, -0.05) is 6.92 Å². The summed E-state index contributed by atoms with van der Waals surface area (Å²) < 4.78 is 15.8. The predicted octanol–water partition coefficient (Wildman–Crippen LogP) is 3.81. The van der Waals surface area contributed by atoms with Crippen molar-refractivity contribution in [2.75, 3.05) is 0 Å². The first kappa shape index (κ1) is 10.4. The Morgan fingerprint density at radius 2 is 2.27 bits per heavy atom. The molecule has 1 aromatic heterocycles. The van der Waals surface area contributed by atoms with E-state index in [2.05, 4.69) is 18.8 Å². The van der Waals surface area contributed by atoms with Crippen molar-refractivity contribution < 1.29 is 4.39 Å². The third-order valence-electron chi connectivity index (χ3n) is 2.71. The van der Waals surface area contributed by atoms with Crippen LogP contribution in [-0.2, 0) is 0 Å². The summed E-state index contributed by atoms with van der Waals surface area (Å²) in [7, 11) is 0. The number of hydrogen-bond acceptors (Lipinski definition) is 1. The van der Waals surface area contributed by atoms with Crippen molar-refractivity contribution in [3.8, 4) is 0 Å². The fourth-order valence-corrected chi connectivity index (χ4v) is 2.10. The summed E-state index contributed by atoms with van der Waals surface area (Å²) in [6.07, 6.45) is 0.970. The molecule has 1 heterocycles. The molecule has 0 bridgehead atoms. The molecule has 2 rings (SSSR count). The van der Waals surface area contributed by atoms with Gasteiger partial charge in [0, 0.05) is 6.04 Å². The normalized spacial score (nSPS) is 13.3. The number of halogens is 1. The van der Waals surface area contributed by atoms with Gasteiger partial charge in [0.05, 0.1) is 11.0 Å². The highest BCUT2D eigenvalue weighted by Gasteiger charge is 2.09. The van der Waals surface area contributed by atoms with Gasteiger partial charge in [-0.15, -0.1) is 0 Å². The second-order valence-electron chi connectivity index (χ2n) is 3.72. The van der Waals surface area contributed by atoms with Crippen LogP contribution in [0.15, 0.2) is 18.2 Å². The lowest BCUT2D eigenvalue weighted by atomic mass is 10.2. The number of nitrogens with zero attached hydrogens (tertiary/aromatic N) is 1. The van der Waals surface area contributed by atoms with Crippen LogP contribution in [0.5, 0.6) is 0 Å². The lowest BCUT2D eigenvalue weighted by molar-refractivity contribution is 0.537. The number of aromatic nitrogens is 2. The van der Waals surface area contributed by atoms with E-state index in [4.69, 9.17) is 12.2 Å². The molecule has 0 aliphatic carbocycles. The molecular formula is C11H13FN2S. The van der Waals surface area contributed by atoms with E-state index in [1.807, 2.05) is 4.57 Å². The van der Waals surface area contributed by atoms with E-state index in [1.165, 1.54) is 12.1 Å². The van der Waals surface area contributed by atoms with Crippen molar-refractivity contribution in [3.05, 3.63) is 28.8 Å². The van der Waals surface area contributed by atoms with Crippen molar-refractivity contribution in [1.82, 2.24) is 9.55 Å². The zero-order valence-corrected chi connectivity index (χ0v) is 9.57. The molecule has 0 radical (unpaired) electrons. The third kappa shape index (κ3) is 1.69. The third-order valence-corrected chi connectivity index (χ3v) is 3.01. The maximum atomic E-state index is 13.1. The summed E-state index contributed by atoms with van der Waals surface area (Å²) in [5.41, 5.74) is 1.73. The van der Waals surface area contributed by atoms with E-state index in [0.717, 1.165) is 17.5 Å². The zero-order valence-electron chi connectivity index (χ0n) is 8.75. The summed E-state index contributed by atoms with van der Waals surface area (Å²) in [5, 5.41) is 0. The van der Waals surface area contributed by atoms with Gasteiger partial charge in [-0.3, -0.25) is 0 Å². The number of nitrogens with one attached hydrogen (secondary N) is 1. The number of hydrogen-bond donors (Lipinski definition) is 1. The molecule has 0 saturated heterocycles. The van der Waals surface area contributed by atoms with E-state index in [-0.39, 0.29) is 11.9 Å². The number of H-pyrrole nitrogens is 1. The first-order valence-corrected chi connectivity index (χ1v) is 5.44. The van der Waals surface area contributed by atoms with E-state index in [0.29, 0.717) is 4.77 Å². The average molecular weight is 224 g/mol. The smallest absolute Gasteiger partial charge is 0.178 e.